The van der Waals surface area contributed by atoms with E-state index in [4.69, 9.17) is 4.98 Å². The van der Waals surface area contributed by atoms with Crippen LogP contribution in [-0.2, 0) is 18.4 Å². The fourth-order valence-electron chi connectivity index (χ4n) is 3.85. The first-order chi connectivity index (χ1) is 8.59. The lowest BCUT2D eigenvalue weighted by Crippen LogP contribution is -2.48. The fraction of sp³-hybridized carbons (Fsp3) is 0.800. The Hall–Kier alpha value is -0.410. The van der Waals surface area contributed by atoms with E-state index in [-0.39, 0.29) is 5.54 Å². The molecule has 0 amide bonds. The molecule has 2 aliphatic carbocycles. The highest BCUT2D eigenvalue weighted by Crippen LogP contribution is 2.53. The average molecular weight is 264 g/mol. The third kappa shape index (κ3) is 1.67. The molecule has 3 rings (SSSR count). The molecule has 1 fully saturated rings. The van der Waals surface area contributed by atoms with Gasteiger partial charge in [0.25, 0.3) is 0 Å². The second-order valence-corrected chi connectivity index (χ2v) is 7.57. The number of fused-ring (bicyclic) bond motifs is 1. The van der Waals surface area contributed by atoms with Crippen LogP contribution in [0.15, 0.2) is 0 Å². The van der Waals surface area contributed by atoms with Crippen LogP contribution in [0, 0.1) is 5.41 Å². The predicted octanol–water partition coefficient (Wildman–Crippen LogP) is 3.65. The van der Waals surface area contributed by atoms with Crippen LogP contribution >= 0.6 is 11.3 Å². The van der Waals surface area contributed by atoms with Gasteiger partial charge in [-0.05, 0) is 51.0 Å². The van der Waals surface area contributed by atoms with Gasteiger partial charge in [0, 0.05) is 4.88 Å². The van der Waals surface area contributed by atoms with Crippen molar-refractivity contribution in [2.45, 2.75) is 64.3 Å². The molecule has 0 spiro atoms. The minimum atomic E-state index is 0.120. The molecule has 1 saturated carbocycles. The van der Waals surface area contributed by atoms with Crippen molar-refractivity contribution < 1.29 is 0 Å². The highest BCUT2D eigenvalue weighted by molar-refractivity contribution is 7.11. The smallest absolute Gasteiger partial charge is 0.114 e. The first-order valence-corrected chi connectivity index (χ1v) is 8.09. The van der Waals surface area contributed by atoms with Crippen LogP contribution in [0.1, 0.15) is 61.5 Å². The van der Waals surface area contributed by atoms with E-state index in [1.165, 1.54) is 55.6 Å². The van der Waals surface area contributed by atoms with E-state index in [9.17, 15) is 0 Å². The van der Waals surface area contributed by atoms with Crippen molar-refractivity contribution in [2.24, 2.45) is 5.41 Å². The van der Waals surface area contributed by atoms with Crippen molar-refractivity contribution in [3.05, 3.63) is 15.6 Å². The molecule has 3 heteroatoms. The van der Waals surface area contributed by atoms with Gasteiger partial charge in [-0.15, -0.1) is 11.3 Å². The highest BCUT2D eigenvalue weighted by Gasteiger charge is 2.51. The molecule has 1 heterocycles. The summed E-state index contributed by atoms with van der Waals surface area (Å²) < 4.78 is 0. The molecule has 0 radical (unpaired) electrons. The van der Waals surface area contributed by atoms with Gasteiger partial charge in [-0.2, -0.15) is 0 Å². The molecule has 2 nitrogen and oxygen atoms in total. The summed E-state index contributed by atoms with van der Waals surface area (Å²) in [5.41, 5.74) is 1.84. The Morgan fingerprint density at radius 2 is 1.89 bits per heavy atom. The van der Waals surface area contributed by atoms with Crippen LogP contribution in [0.25, 0.3) is 0 Å². The van der Waals surface area contributed by atoms with Gasteiger partial charge in [0.2, 0.25) is 0 Å². The predicted molar refractivity (Wildman–Crippen MR) is 77.1 cm³/mol. The molecule has 0 aliphatic heterocycles. The van der Waals surface area contributed by atoms with Gasteiger partial charge in [-0.1, -0.05) is 20.3 Å². The third-order valence-electron chi connectivity index (χ3n) is 5.15. The average Bonchev–Trinajstić information content (AvgIpc) is 2.89. The summed E-state index contributed by atoms with van der Waals surface area (Å²) in [5, 5.41) is 5.00. The molecule has 0 bridgehead atoms. The Kier molecular flexibility index (Phi) is 3.02. The molecule has 1 atom stereocenters. The van der Waals surface area contributed by atoms with Crippen LogP contribution in [0.3, 0.4) is 0 Å². The fourth-order valence-corrected chi connectivity index (χ4v) is 5.40. The zero-order valence-electron chi connectivity index (χ0n) is 11.8. The lowest BCUT2D eigenvalue weighted by molar-refractivity contribution is 0.167. The molecule has 2 aliphatic rings. The maximum Gasteiger partial charge on any atom is 0.114 e. The van der Waals surface area contributed by atoms with Crippen LogP contribution in [0.5, 0.6) is 0 Å². The minimum Gasteiger partial charge on any atom is -0.308 e. The number of aromatic nitrogens is 1. The molecule has 1 aromatic rings. The zero-order valence-corrected chi connectivity index (χ0v) is 12.6. The summed E-state index contributed by atoms with van der Waals surface area (Å²) in [6, 6.07) is 0. The van der Waals surface area contributed by atoms with Gasteiger partial charge < -0.3 is 5.32 Å². The second kappa shape index (κ2) is 4.31. The van der Waals surface area contributed by atoms with E-state index in [2.05, 4.69) is 26.2 Å². The normalized spacial score (nSPS) is 30.4. The Balaban J connectivity index is 2.04. The van der Waals surface area contributed by atoms with E-state index in [0.717, 1.165) is 0 Å². The second-order valence-electron chi connectivity index (χ2n) is 6.49. The Morgan fingerprint density at radius 3 is 2.50 bits per heavy atom. The molecule has 100 valence electrons. The molecule has 0 aromatic carbocycles. The maximum atomic E-state index is 5.03. The Labute approximate surface area is 114 Å². The van der Waals surface area contributed by atoms with Crippen molar-refractivity contribution in [3.63, 3.8) is 0 Å². The molecule has 0 saturated heterocycles. The lowest BCUT2D eigenvalue weighted by atomic mass is 9.75. The monoisotopic (exact) mass is 264 g/mol. The van der Waals surface area contributed by atoms with Gasteiger partial charge in [0.05, 0.1) is 11.2 Å². The van der Waals surface area contributed by atoms with E-state index in [0.29, 0.717) is 5.41 Å². The lowest BCUT2D eigenvalue weighted by Gasteiger charge is -2.40. The summed E-state index contributed by atoms with van der Waals surface area (Å²) in [5.74, 6) is 0. The minimum absolute atomic E-state index is 0.120. The van der Waals surface area contributed by atoms with E-state index in [1.54, 1.807) is 4.88 Å². The van der Waals surface area contributed by atoms with Crippen molar-refractivity contribution in [1.82, 2.24) is 10.3 Å². The molecule has 1 unspecified atom stereocenters. The third-order valence-corrected chi connectivity index (χ3v) is 6.47. The molecule has 18 heavy (non-hydrogen) atoms. The van der Waals surface area contributed by atoms with Crippen molar-refractivity contribution in [2.75, 3.05) is 7.05 Å². The van der Waals surface area contributed by atoms with Crippen LogP contribution < -0.4 is 5.32 Å². The summed E-state index contributed by atoms with van der Waals surface area (Å²) in [6.07, 6.45) is 9.00. The number of nitrogens with one attached hydrogen (secondary N) is 1. The van der Waals surface area contributed by atoms with Crippen molar-refractivity contribution >= 4 is 11.3 Å². The van der Waals surface area contributed by atoms with Crippen LogP contribution in [-0.4, -0.2) is 12.0 Å². The topological polar surface area (TPSA) is 24.9 Å². The van der Waals surface area contributed by atoms with Gasteiger partial charge in [-0.3, -0.25) is 0 Å². The number of nitrogens with zero attached hydrogens (tertiary/aromatic N) is 1. The standard InChI is InChI=1S/C15H24N2S/c1-14(2)9-6-10-15(14,16-3)13-17-11-7-4-5-8-12(11)18-13/h16H,4-10H2,1-3H3. The summed E-state index contributed by atoms with van der Waals surface area (Å²) in [4.78, 5) is 6.59. The van der Waals surface area contributed by atoms with Crippen LogP contribution in [0.2, 0.25) is 0 Å². The van der Waals surface area contributed by atoms with Gasteiger partial charge in [0.1, 0.15) is 5.01 Å². The molecule has 1 N–H and O–H groups in total. The zero-order chi connectivity index (χ0) is 12.8. The number of aryl methyl sites for hydroxylation is 2. The van der Waals surface area contributed by atoms with E-state index in [1.807, 2.05) is 11.3 Å². The number of thiazole rings is 1. The quantitative estimate of drug-likeness (QED) is 0.882. The van der Waals surface area contributed by atoms with E-state index >= 15 is 0 Å². The summed E-state index contributed by atoms with van der Waals surface area (Å²) in [6.45, 7) is 4.80. The Morgan fingerprint density at radius 1 is 1.11 bits per heavy atom. The number of hydrogen-bond donors (Lipinski definition) is 1. The van der Waals surface area contributed by atoms with Gasteiger partial charge in [0.15, 0.2) is 0 Å². The Bertz CT molecular complexity index is 426. The highest BCUT2D eigenvalue weighted by atomic mass is 32.1. The maximum absolute atomic E-state index is 5.03. The summed E-state index contributed by atoms with van der Waals surface area (Å²) >= 11 is 1.98. The number of rotatable bonds is 2. The first-order valence-electron chi connectivity index (χ1n) is 7.27. The molecular formula is C15H24N2S. The first kappa shape index (κ1) is 12.6. The SMILES string of the molecule is CNC1(c2nc3c(s2)CCCC3)CCCC1(C)C. The number of hydrogen-bond acceptors (Lipinski definition) is 3. The molecule has 1 aromatic heterocycles. The van der Waals surface area contributed by atoms with Crippen LogP contribution in [0.4, 0.5) is 0 Å². The van der Waals surface area contributed by atoms with Crippen molar-refractivity contribution in [1.29, 1.82) is 0 Å². The van der Waals surface area contributed by atoms with Gasteiger partial charge >= 0.3 is 0 Å². The van der Waals surface area contributed by atoms with E-state index < -0.39 is 0 Å². The largest absolute Gasteiger partial charge is 0.308 e. The molecular weight excluding hydrogens is 240 g/mol. The van der Waals surface area contributed by atoms with Gasteiger partial charge in [-0.25, -0.2) is 4.98 Å². The summed E-state index contributed by atoms with van der Waals surface area (Å²) in [7, 11) is 2.12. The van der Waals surface area contributed by atoms with Crippen molar-refractivity contribution in [3.8, 4) is 0 Å².